The third-order valence-electron chi connectivity index (χ3n) is 4.96. The quantitative estimate of drug-likeness (QED) is 0.239. The van der Waals surface area contributed by atoms with E-state index in [9.17, 15) is 24.9 Å². The molecule has 1 fully saturated rings. The monoisotopic (exact) mass is 368 g/mol. The zero-order chi connectivity index (χ0) is 19.6. The minimum Gasteiger partial charge on any atom is -0.477 e. The number of allylic oxidation sites excluding steroid dienone is 3. The molecule has 0 radical (unpaired) electrons. The number of Topliss-reactive ketones (excluding diaryl/α,β-unsaturated/α-hetero) is 1. The molecule has 148 valence electrons. The van der Waals surface area contributed by atoms with Crippen LogP contribution < -0.4 is 0 Å². The number of carboxylic acids is 1. The molecule has 6 nitrogen and oxygen atoms in total. The number of carbonyl (C=O) groups is 2. The molecule has 0 saturated heterocycles. The second-order valence-corrected chi connectivity index (χ2v) is 7.04. The molecule has 26 heavy (non-hydrogen) atoms. The molecule has 6 heteroatoms. The van der Waals surface area contributed by atoms with Crippen molar-refractivity contribution in [3.8, 4) is 0 Å². The van der Waals surface area contributed by atoms with Crippen LogP contribution in [-0.4, -0.2) is 44.1 Å². The maximum Gasteiger partial charge on any atom is 0.366 e. The van der Waals surface area contributed by atoms with Crippen LogP contribution in [0.3, 0.4) is 0 Å². The van der Waals surface area contributed by atoms with Gasteiger partial charge in [-0.15, -0.1) is 0 Å². The highest BCUT2D eigenvalue weighted by Gasteiger charge is 2.40. The van der Waals surface area contributed by atoms with Crippen molar-refractivity contribution in [3.63, 3.8) is 0 Å². The normalized spacial score (nSPS) is 22.5. The van der Waals surface area contributed by atoms with Crippen molar-refractivity contribution in [1.82, 2.24) is 0 Å². The summed E-state index contributed by atoms with van der Waals surface area (Å²) in [4.78, 5) is 22.7. The number of carboxylic acid groups (broad SMARTS) is 1. The number of aliphatic hydroxyl groups excluding tert-OH is 1. The molecule has 3 atom stereocenters. The Balaban J connectivity index is 2.44. The smallest absolute Gasteiger partial charge is 0.366 e. The molecule has 1 aliphatic carbocycles. The average molecular weight is 368 g/mol. The first-order valence-electron chi connectivity index (χ1n) is 9.51. The molecule has 1 unspecified atom stereocenters. The lowest BCUT2D eigenvalue weighted by atomic mass is 9.91. The molecule has 1 aliphatic rings. The second-order valence-electron chi connectivity index (χ2n) is 7.04. The fourth-order valence-corrected chi connectivity index (χ4v) is 3.21. The third kappa shape index (κ3) is 7.02. The Morgan fingerprint density at radius 1 is 1.23 bits per heavy atom. The molecular formula is C20H32O6. The second kappa shape index (κ2) is 11.3. The van der Waals surface area contributed by atoms with Crippen LogP contribution in [0.1, 0.15) is 64.7 Å². The van der Waals surface area contributed by atoms with Crippen LogP contribution >= 0.6 is 0 Å². The van der Waals surface area contributed by atoms with Gasteiger partial charge < -0.3 is 20.4 Å². The van der Waals surface area contributed by atoms with E-state index in [-0.39, 0.29) is 24.0 Å². The van der Waals surface area contributed by atoms with E-state index in [4.69, 9.17) is 5.11 Å². The highest BCUT2D eigenvalue weighted by Crippen LogP contribution is 2.33. The number of carbonyl (C=O) groups excluding carboxylic acids is 1. The Kier molecular flexibility index (Phi) is 9.76. The van der Waals surface area contributed by atoms with Crippen molar-refractivity contribution in [2.24, 2.45) is 11.8 Å². The molecule has 0 aromatic heterocycles. The van der Waals surface area contributed by atoms with Gasteiger partial charge in [-0.25, -0.2) is 4.79 Å². The Labute approximate surface area is 155 Å². The minimum atomic E-state index is -3.17. The molecular weight excluding hydrogens is 336 g/mol. The molecule has 1 saturated carbocycles. The summed E-state index contributed by atoms with van der Waals surface area (Å²) in [6.45, 7) is 2.18. The van der Waals surface area contributed by atoms with Gasteiger partial charge in [-0.3, -0.25) is 4.79 Å². The molecule has 0 bridgehead atoms. The van der Waals surface area contributed by atoms with Crippen LogP contribution in [0.2, 0.25) is 0 Å². The fourth-order valence-electron chi connectivity index (χ4n) is 3.21. The van der Waals surface area contributed by atoms with E-state index in [0.29, 0.717) is 12.8 Å². The van der Waals surface area contributed by atoms with Gasteiger partial charge in [0.05, 0.1) is 0 Å². The summed E-state index contributed by atoms with van der Waals surface area (Å²) in [6.07, 6.45) is 13.3. The van der Waals surface area contributed by atoms with Gasteiger partial charge in [-0.05, 0) is 38.0 Å². The molecule has 0 spiro atoms. The van der Waals surface area contributed by atoms with Crippen LogP contribution in [0.4, 0.5) is 0 Å². The van der Waals surface area contributed by atoms with Crippen molar-refractivity contribution < 1.29 is 30.0 Å². The number of aliphatic carboxylic acids is 1. The molecule has 1 rings (SSSR count). The summed E-state index contributed by atoms with van der Waals surface area (Å²) >= 11 is 0. The summed E-state index contributed by atoms with van der Waals surface area (Å²) in [5, 5.41) is 36.6. The number of ketones is 1. The van der Waals surface area contributed by atoms with Gasteiger partial charge in [-0.1, -0.05) is 50.5 Å². The fraction of sp³-hybridized carbons (Fsp3) is 0.700. The van der Waals surface area contributed by atoms with Crippen LogP contribution in [0.5, 0.6) is 0 Å². The summed E-state index contributed by atoms with van der Waals surface area (Å²) in [6, 6.07) is 0. The number of unbranched alkanes of at least 4 members (excludes halogenated alkanes) is 4. The Morgan fingerprint density at radius 2 is 1.96 bits per heavy atom. The van der Waals surface area contributed by atoms with Crippen LogP contribution in [0.15, 0.2) is 24.3 Å². The third-order valence-corrected chi connectivity index (χ3v) is 4.96. The zero-order valence-corrected chi connectivity index (χ0v) is 15.5. The van der Waals surface area contributed by atoms with E-state index in [0.717, 1.165) is 12.8 Å². The van der Waals surface area contributed by atoms with Gasteiger partial charge in [0.2, 0.25) is 0 Å². The van der Waals surface area contributed by atoms with E-state index in [1.807, 2.05) is 0 Å². The van der Waals surface area contributed by atoms with Gasteiger partial charge in [-0.2, -0.15) is 0 Å². The van der Waals surface area contributed by atoms with Gasteiger partial charge in [0.15, 0.2) is 0 Å². The van der Waals surface area contributed by atoms with Gasteiger partial charge in [0.1, 0.15) is 11.9 Å². The van der Waals surface area contributed by atoms with E-state index in [1.54, 1.807) is 6.08 Å². The lowest BCUT2D eigenvalue weighted by molar-refractivity contribution is -0.235. The largest absolute Gasteiger partial charge is 0.477 e. The molecule has 0 aliphatic heterocycles. The number of hydrogen-bond acceptors (Lipinski definition) is 5. The first kappa shape index (κ1) is 22.5. The van der Waals surface area contributed by atoms with Crippen molar-refractivity contribution in [1.29, 1.82) is 0 Å². The lowest BCUT2D eigenvalue weighted by Crippen LogP contribution is -2.49. The van der Waals surface area contributed by atoms with Gasteiger partial charge in [0, 0.05) is 12.3 Å². The Bertz CT molecular complexity index is 508. The Morgan fingerprint density at radius 3 is 2.62 bits per heavy atom. The maximum atomic E-state index is 12.1. The van der Waals surface area contributed by atoms with E-state index in [2.05, 4.69) is 19.1 Å². The highest BCUT2D eigenvalue weighted by atomic mass is 16.6. The SMILES string of the molecule is CCCCCCC=C[C@H]1CCC(=O)[C@@H]1CC=CCC(O)C(O)(O)C(=O)O. The van der Waals surface area contributed by atoms with Crippen molar-refractivity contribution >= 4 is 11.8 Å². The Hall–Kier alpha value is -1.50. The number of hydrogen-bond donors (Lipinski definition) is 4. The number of rotatable bonds is 12. The molecule has 0 amide bonds. The van der Waals surface area contributed by atoms with Gasteiger partial charge in [0.25, 0.3) is 5.79 Å². The minimum absolute atomic E-state index is 0.0947. The standard InChI is InChI=1S/C20H32O6/c1-2-3-4-5-6-7-10-15-13-14-17(21)16(15)11-8-9-12-18(22)20(25,26)19(23)24/h7-10,15-16,18,22,25-26H,2-6,11-14H2,1H3,(H,23,24)/t15-,16+,18?/m0/s1. The van der Waals surface area contributed by atoms with Crippen molar-refractivity contribution in [2.45, 2.75) is 76.6 Å². The average Bonchev–Trinajstić information content (AvgIpc) is 2.94. The van der Waals surface area contributed by atoms with Crippen molar-refractivity contribution in [2.75, 3.05) is 0 Å². The summed E-state index contributed by atoms with van der Waals surface area (Å²) in [5.41, 5.74) is 0. The zero-order valence-electron chi connectivity index (χ0n) is 15.5. The topological polar surface area (TPSA) is 115 Å². The van der Waals surface area contributed by atoms with Crippen molar-refractivity contribution in [3.05, 3.63) is 24.3 Å². The van der Waals surface area contributed by atoms with Crippen LogP contribution in [-0.2, 0) is 9.59 Å². The van der Waals surface area contributed by atoms with E-state index >= 15 is 0 Å². The predicted molar refractivity (Wildman–Crippen MR) is 98.3 cm³/mol. The van der Waals surface area contributed by atoms with Crippen LogP contribution in [0.25, 0.3) is 0 Å². The van der Waals surface area contributed by atoms with E-state index < -0.39 is 17.9 Å². The predicted octanol–water partition coefficient (Wildman–Crippen LogP) is 2.57. The summed E-state index contributed by atoms with van der Waals surface area (Å²) in [7, 11) is 0. The van der Waals surface area contributed by atoms with Crippen LogP contribution in [0, 0.1) is 11.8 Å². The van der Waals surface area contributed by atoms with E-state index in [1.165, 1.54) is 31.8 Å². The maximum absolute atomic E-state index is 12.1. The molecule has 0 aromatic rings. The highest BCUT2D eigenvalue weighted by molar-refractivity contribution is 5.83. The lowest BCUT2D eigenvalue weighted by Gasteiger charge is -2.21. The molecule has 4 N–H and O–H groups in total. The number of aliphatic hydroxyl groups is 3. The van der Waals surface area contributed by atoms with Gasteiger partial charge >= 0.3 is 5.97 Å². The molecule has 0 aromatic carbocycles. The molecule has 0 heterocycles. The first-order chi connectivity index (χ1) is 12.3. The summed E-state index contributed by atoms with van der Waals surface area (Å²) in [5.74, 6) is -4.72. The summed E-state index contributed by atoms with van der Waals surface area (Å²) < 4.78 is 0. The first-order valence-corrected chi connectivity index (χ1v) is 9.51.